The molecule has 0 N–H and O–H groups in total. The van der Waals surface area contributed by atoms with Crippen molar-refractivity contribution in [1.82, 2.24) is 0 Å². The van der Waals surface area contributed by atoms with Crippen molar-refractivity contribution >= 4 is 34.0 Å². The number of rotatable bonds is 1. The summed E-state index contributed by atoms with van der Waals surface area (Å²) in [4.78, 5) is 2.17. The third-order valence-electron chi connectivity index (χ3n) is 5.41. The zero-order chi connectivity index (χ0) is 10.8. The van der Waals surface area contributed by atoms with Gasteiger partial charge in [-0.2, -0.15) is 0 Å². The topological polar surface area (TPSA) is 0 Å². The Morgan fingerprint density at radius 3 is 2.00 bits per heavy atom. The molecule has 0 aromatic heterocycles. The average molecular weight is 342 g/mol. The predicted octanol–water partition coefficient (Wildman–Crippen LogP) is 4.75. The second-order valence-corrected chi connectivity index (χ2v) is 25.4. The van der Waals surface area contributed by atoms with E-state index in [-0.39, 0.29) is 0 Å². The summed E-state index contributed by atoms with van der Waals surface area (Å²) in [5.41, 5.74) is 0.908. The van der Waals surface area contributed by atoms with Gasteiger partial charge in [-0.05, 0) is 0 Å². The van der Waals surface area contributed by atoms with Crippen molar-refractivity contribution in [2.75, 3.05) is 0 Å². The van der Waals surface area contributed by atoms with Crippen LogP contribution < -0.4 is 0 Å². The van der Waals surface area contributed by atoms with Crippen LogP contribution in [-0.2, 0) is 0 Å². The molecule has 2 aliphatic rings. The molecule has 2 rings (SSSR count). The minimum absolute atomic E-state index is 0.437. The van der Waals surface area contributed by atoms with Gasteiger partial charge in [-0.1, -0.05) is 0 Å². The maximum atomic E-state index is 6.53. The normalized spacial score (nSPS) is 45.9. The van der Waals surface area contributed by atoms with E-state index < -0.39 is 16.1 Å². The van der Waals surface area contributed by atoms with Gasteiger partial charge in [-0.15, -0.1) is 0 Å². The van der Waals surface area contributed by atoms with Crippen molar-refractivity contribution in [3.8, 4) is 0 Å². The summed E-state index contributed by atoms with van der Waals surface area (Å²) in [6, 6.07) is 0. The summed E-state index contributed by atoms with van der Waals surface area (Å²) in [5.74, 6) is 0.881. The molecule has 0 aromatic carbocycles. The van der Waals surface area contributed by atoms with Crippen LogP contribution in [0.2, 0.25) is 8.87 Å². The summed E-state index contributed by atoms with van der Waals surface area (Å²) in [7, 11) is 13.1. The van der Waals surface area contributed by atoms with Crippen molar-refractivity contribution in [3.63, 3.8) is 0 Å². The Hall–Kier alpha value is 1.38. The van der Waals surface area contributed by atoms with Crippen LogP contribution in [0.3, 0.4) is 0 Å². The van der Waals surface area contributed by atoms with Crippen molar-refractivity contribution in [2.45, 2.75) is 48.9 Å². The molecule has 82 valence electrons. The van der Waals surface area contributed by atoms with Gasteiger partial charge in [0.1, 0.15) is 0 Å². The standard InChI is InChI=1S/C10H17.CH3.2ClH.Sn/c1-9(2)8-4-6-10(9,3)7-5-8;;;;/h6,8H,4-5,7H2,1-3H3;1H3;2*1H;/q;;;;+2/p-2/t8-,10+;;;;/m0..../s1. The van der Waals surface area contributed by atoms with E-state index in [1.807, 2.05) is 0 Å². The van der Waals surface area contributed by atoms with E-state index in [1.165, 1.54) is 19.3 Å². The molecule has 2 saturated carbocycles. The second kappa shape index (κ2) is 3.20. The van der Waals surface area contributed by atoms with E-state index in [1.54, 1.807) is 0 Å². The van der Waals surface area contributed by atoms with E-state index >= 15 is 0 Å². The molecule has 0 aliphatic heterocycles. The molecule has 0 unspecified atom stereocenters. The minimum atomic E-state index is -2.73. The first-order chi connectivity index (χ1) is 6.19. The number of hydrogen-bond acceptors (Lipinski definition) is 0. The van der Waals surface area contributed by atoms with Gasteiger partial charge < -0.3 is 0 Å². The van der Waals surface area contributed by atoms with Crippen LogP contribution in [0.4, 0.5) is 0 Å². The van der Waals surface area contributed by atoms with Gasteiger partial charge in [0.15, 0.2) is 0 Å². The van der Waals surface area contributed by atoms with E-state index in [0.717, 1.165) is 5.92 Å². The Labute approximate surface area is 99.0 Å². The van der Waals surface area contributed by atoms with Crippen LogP contribution in [0.15, 0.2) is 0 Å². The zero-order valence-corrected chi connectivity index (χ0v) is 13.9. The number of hydrogen-bond donors (Lipinski definition) is 0. The summed E-state index contributed by atoms with van der Waals surface area (Å²) in [6.07, 6.45) is 4.06. The Bertz CT molecular complexity index is 257. The van der Waals surface area contributed by atoms with Crippen molar-refractivity contribution in [3.05, 3.63) is 0 Å². The van der Waals surface area contributed by atoms with Crippen molar-refractivity contribution in [1.29, 1.82) is 0 Å². The zero-order valence-electron chi connectivity index (χ0n) is 9.53. The first-order valence-electron chi connectivity index (χ1n) is 5.57. The predicted molar refractivity (Wildman–Crippen MR) is 66.3 cm³/mol. The Balaban J connectivity index is 2.37. The van der Waals surface area contributed by atoms with E-state index in [4.69, 9.17) is 17.8 Å². The molecule has 3 heteroatoms. The second-order valence-electron chi connectivity index (χ2n) is 6.12. The van der Waals surface area contributed by atoms with E-state index in [2.05, 4.69) is 25.7 Å². The Kier molecular flexibility index (Phi) is 2.71. The van der Waals surface area contributed by atoms with Crippen LogP contribution in [0.25, 0.3) is 0 Å². The molecule has 0 nitrogen and oxygen atoms in total. The summed E-state index contributed by atoms with van der Waals surface area (Å²) in [6.45, 7) is 7.29. The number of fused-ring (bicyclic) bond motifs is 2. The van der Waals surface area contributed by atoms with Crippen LogP contribution in [0, 0.1) is 16.7 Å². The Morgan fingerprint density at radius 2 is 1.79 bits per heavy atom. The van der Waals surface area contributed by atoms with Crippen LogP contribution in [0.1, 0.15) is 40.0 Å². The Morgan fingerprint density at radius 1 is 1.21 bits per heavy atom. The quantitative estimate of drug-likeness (QED) is 0.604. The molecule has 14 heavy (non-hydrogen) atoms. The molecule has 3 atom stereocenters. The monoisotopic (exact) mass is 342 g/mol. The summed E-state index contributed by atoms with van der Waals surface area (Å²) in [5, 5.41) is 0. The van der Waals surface area contributed by atoms with Crippen LogP contribution >= 0.6 is 17.8 Å². The molecule has 0 amide bonds. The maximum absolute atomic E-state index is 6.53. The molecular weight excluding hydrogens is 322 g/mol. The van der Waals surface area contributed by atoms with Crippen molar-refractivity contribution < 1.29 is 0 Å². The molecule has 0 aromatic rings. The van der Waals surface area contributed by atoms with Crippen LogP contribution in [0.5, 0.6) is 0 Å². The average Bonchev–Trinajstić information content (AvgIpc) is 2.32. The van der Waals surface area contributed by atoms with E-state index in [9.17, 15) is 0 Å². The van der Waals surface area contributed by atoms with Gasteiger partial charge in [-0.25, -0.2) is 0 Å². The first kappa shape index (κ1) is 11.9. The third-order valence-corrected chi connectivity index (χ3v) is 14.9. The van der Waals surface area contributed by atoms with Gasteiger partial charge in [0.2, 0.25) is 0 Å². The molecule has 0 heterocycles. The fourth-order valence-electron chi connectivity index (χ4n) is 3.97. The van der Waals surface area contributed by atoms with Crippen LogP contribution in [-0.4, -0.2) is 16.1 Å². The number of halogens is 2. The van der Waals surface area contributed by atoms with Gasteiger partial charge in [0.25, 0.3) is 0 Å². The third kappa shape index (κ3) is 1.39. The molecule has 2 fully saturated rings. The summed E-state index contributed by atoms with van der Waals surface area (Å²) < 4.78 is 0.675. The first-order valence-corrected chi connectivity index (χ1v) is 17.3. The van der Waals surface area contributed by atoms with Crippen molar-refractivity contribution in [2.24, 2.45) is 16.7 Å². The molecule has 0 radical (unpaired) electrons. The van der Waals surface area contributed by atoms with Gasteiger partial charge in [0.05, 0.1) is 0 Å². The summed E-state index contributed by atoms with van der Waals surface area (Å²) >= 11 is -2.73. The SMILES string of the molecule is CC1(C)[C@@H]2CC[C@@]1(C)[C@H]([Sn]([CH3])([Cl])[Cl])C2. The fraction of sp³-hybridized carbons (Fsp3) is 1.00. The van der Waals surface area contributed by atoms with Gasteiger partial charge >= 0.3 is 99.6 Å². The molecule has 0 saturated heterocycles. The fourth-order valence-corrected chi connectivity index (χ4v) is 15.1. The molecular formula is C11H20Cl2Sn. The van der Waals surface area contributed by atoms with Gasteiger partial charge in [0, 0.05) is 0 Å². The van der Waals surface area contributed by atoms with E-state index in [0.29, 0.717) is 14.8 Å². The molecule has 0 spiro atoms. The molecule has 2 aliphatic carbocycles. The van der Waals surface area contributed by atoms with Gasteiger partial charge in [-0.3, -0.25) is 0 Å². The molecule has 2 bridgehead atoms.